The molecule has 6 heteroatoms. The van der Waals surface area contributed by atoms with Gasteiger partial charge in [0.2, 0.25) is 0 Å². The number of benzene rings is 1. The van der Waals surface area contributed by atoms with Crippen LogP contribution in [0.3, 0.4) is 0 Å². The van der Waals surface area contributed by atoms with Crippen LogP contribution in [0.25, 0.3) is 10.9 Å². The van der Waals surface area contributed by atoms with E-state index in [2.05, 4.69) is 17.2 Å². The first-order valence-corrected chi connectivity index (χ1v) is 8.98. The van der Waals surface area contributed by atoms with Gasteiger partial charge in [0.25, 0.3) is 11.5 Å². The highest BCUT2D eigenvalue weighted by molar-refractivity contribution is 7.71. The zero-order chi connectivity index (χ0) is 17.3. The van der Waals surface area contributed by atoms with E-state index in [1.54, 1.807) is 18.2 Å². The van der Waals surface area contributed by atoms with E-state index in [4.69, 9.17) is 12.2 Å². The molecule has 1 saturated carbocycles. The summed E-state index contributed by atoms with van der Waals surface area (Å²) >= 11 is 5.23. The second kappa shape index (κ2) is 6.89. The van der Waals surface area contributed by atoms with E-state index >= 15 is 0 Å². The van der Waals surface area contributed by atoms with Crippen LogP contribution in [0.5, 0.6) is 0 Å². The molecule has 0 unspecified atom stereocenters. The predicted octanol–water partition coefficient (Wildman–Crippen LogP) is 3.39. The van der Waals surface area contributed by atoms with Crippen molar-refractivity contribution in [3.05, 3.63) is 38.9 Å². The number of amides is 1. The summed E-state index contributed by atoms with van der Waals surface area (Å²) in [5.41, 5.74) is 1.05. The number of carbonyl (C=O) groups excluding carboxylic acids is 1. The molecule has 0 aliphatic heterocycles. The molecule has 3 rings (SSSR count). The number of H-pyrrole nitrogens is 1. The lowest BCUT2D eigenvalue weighted by atomic mass is 9.87. The van der Waals surface area contributed by atoms with Gasteiger partial charge in [0.05, 0.1) is 10.9 Å². The third kappa shape index (κ3) is 3.29. The van der Waals surface area contributed by atoms with Gasteiger partial charge in [0, 0.05) is 18.2 Å². The van der Waals surface area contributed by atoms with Crippen LogP contribution in [0.1, 0.15) is 49.9 Å². The van der Waals surface area contributed by atoms with Crippen molar-refractivity contribution in [3.8, 4) is 0 Å². The highest BCUT2D eigenvalue weighted by Gasteiger charge is 2.21. The van der Waals surface area contributed by atoms with Gasteiger partial charge in [-0.25, -0.2) is 0 Å². The molecule has 1 aromatic carbocycles. The van der Waals surface area contributed by atoms with Crippen molar-refractivity contribution >= 4 is 29.0 Å². The van der Waals surface area contributed by atoms with Crippen molar-refractivity contribution in [2.45, 2.75) is 52.1 Å². The van der Waals surface area contributed by atoms with Gasteiger partial charge in [-0.3, -0.25) is 14.2 Å². The molecule has 1 aliphatic carbocycles. The van der Waals surface area contributed by atoms with Crippen molar-refractivity contribution in [2.75, 3.05) is 0 Å². The summed E-state index contributed by atoms with van der Waals surface area (Å²) < 4.78 is 1.90. The molecule has 1 aliphatic rings. The standard InChI is InChI=1S/C18H23N3O2S/c1-3-21-17(23)14-8-7-12(10-15(14)20-18(21)24)16(22)19-13-6-4-5-11(2)9-13/h7-8,10-11,13H,3-6,9H2,1-2H3,(H,19,22)(H,20,24)/t11-,13-/m1/s1. The van der Waals surface area contributed by atoms with Gasteiger partial charge < -0.3 is 10.3 Å². The Morgan fingerprint density at radius 3 is 2.92 bits per heavy atom. The Morgan fingerprint density at radius 2 is 2.21 bits per heavy atom. The smallest absolute Gasteiger partial charge is 0.262 e. The number of hydrogen-bond donors (Lipinski definition) is 2. The van der Waals surface area contributed by atoms with Crippen LogP contribution in [0.2, 0.25) is 0 Å². The summed E-state index contributed by atoms with van der Waals surface area (Å²) in [6.07, 6.45) is 4.46. The first-order chi connectivity index (χ1) is 11.5. The number of aromatic nitrogens is 2. The Kier molecular flexibility index (Phi) is 4.85. The normalized spacial score (nSPS) is 20.9. The minimum Gasteiger partial charge on any atom is -0.349 e. The number of hydrogen-bond acceptors (Lipinski definition) is 3. The fourth-order valence-electron chi connectivity index (χ4n) is 3.52. The summed E-state index contributed by atoms with van der Waals surface area (Å²) in [6, 6.07) is 5.37. The largest absolute Gasteiger partial charge is 0.349 e. The van der Waals surface area contributed by atoms with Crippen molar-refractivity contribution in [1.82, 2.24) is 14.9 Å². The lowest BCUT2D eigenvalue weighted by Crippen LogP contribution is -2.38. The topological polar surface area (TPSA) is 66.9 Å². The third-order valence-corrected chi connectivity index (χ3v) is 5.15. The van der Waals surface area contributed by atoms with Gasteiger partial charge in [-0.2, -0.15) is 0 Å². The molecule has 5 nitrogen and oxygen atoms in total. The average Bonchev–Trinajstić information content (AvgIpc) is 2.54. The van der Waals surface area contributed by atoms with E-state index in [9.17, 15) is 9.59 Å². The molecule has 0 radical (unpaired) electrons. The Balaban J connectivity index is 1.89. The summed E-state index contributed by atoms with van der Waals surface area (Å²) in [7, 11) is 0. The summed E-state index contributed by atoms with van der Waals surface area (Å²) in [4.78, 5) is 28.0. The van der Waals surface area contributed by atoms with Gasteiger partial charge in [0.15, 0.2) is 4.77 Å². The number of aromatic amines is 1. The zero-order valence-electron chi connectivity index (χ0n) is 14.1. The van der Waals surface area contributed by atoms with Gasteiger partial charge in [0.1, 0.15) is 0 Å². The van der Waals surface area contributed by atoms with Crippen molar-refractivity contribution in [2.24, 2.45) is 5.92 Å². The van der Waals surface area contributed by atoms with Gasteiger partial charge in [-0.15, -0.1) is 0 Å². The maximum absolute atomic E-state index is 12.5. The number of nitrogens with zero attached hydrogens (tertiary/aromatic N) is 1. The van der Waals surface area contributed by atoms with E-state index in [0.29, 0.717) is 33.7 Å². The monoisotopic (exact) mass is 345 g/mol. The van der Waals surface area contributed by atoms with Gasteiger partial charge in [-0.05, 0) is 56.1 Å². The predicted molar refractivity (Wildman–Crippen MR) is 98.0 cm³/mol. The van der Waals surface area contributed by atoms with Crippen molar-refractivity contribution in [1.29, 1.82) is 0 Å². The van der Waals surface area contributed by atoms with Gasteiger partial charge in [-0.1, -0.05) is 19.8 Å². The molecule has 1 aromatic heterocycles. The van der Waals surface area contributed by atoms with E-state index in [0.717, 1.165) is 19.3 Å². The maximum atomic E-state index is 12.5. The van der Waals surface area contributed by atoms with Gasteiger partial charge >= 0.3 is 0 Å². The minimum absolute atomic E-state index is 0.0880. The molecule has 1 fully saturated rings. The molecular formula is C18H23N3O2S. The molecule has 128 valence electrons. The van der Waals surface area contributed by atoms with E-state index in [1.165, 1.54) is 11.0 Å². The molecular weight excluding hydrogens is 322 g/mol. The summed E-state index contributed by atoms with van der Waals surface area (Å²) in [6.45, 7) is 4.63. The Bertz CT molecular complexity index is 884. The lowest BCUT2D eigenvalue weighted by Gasteiger charge is -2.27. The van der Waals surface area contributed by atoms with E-state index in [-0.39, 0.29) is 17.5 Å². The molecule has 1 amide bonds. The lowest BCUT2D eigenvalue weighted by molar-refractivity contribution is 0.0921. The van der Waals surface area contributed by atoms with E-state index in [1.807, 2.05) is 6.92 Å². The van der Waals surface area contributed by atoms with Crippen LogP contribution in [-0.4, -0.2) is 21.5 Å². The summed E-state index contributed by atoms with van der Waals surface area (Å²) in [5.74, 6) is 0.569. The van der Waals surface area contributed by atoms with Crippen molar-refractivity contribution in [3.63, 3.8) is 0 Å². The third-order valence-electron chi connectivity index (χ3n) is 4.83. The molecule has 2 atom stereocenters. The maximum Gasteiger partial charge on any atom is 0.262 e. The molecule has 24 heavy (non-hydrogen) atoms. The Labute approximate surface area is 146 Å². The van der Waals surface area contributed by atoms with Crippen LogP contribution in [0, 0.1) is 10.7 Å². The highest BCUT2D eigenvalue weighted by atomic mass is 32.1. The number of nitrogens with one attached hydrogen (secondary N) is 2. The molecule has 0 bridgehead atoms. The van der Waals surface area contributed by atoms with Crippen molar-refractivity contribution < 1.29 is 4.79 Å². The minimum atomic E-state index is -0.121. The number of fused-ring (bicyclic) bond motifs is 1. The molecule has 2 aromatic rings. The number of carbonyl (C=O) groups is 1. The SMILES string of the molecule is CCn1c(=S)[nH]c2cc(C(=O)N[C@@H]3CCC[C@@H](C)C3)ccc2c1=O. The quantitative estimate of drug-likeness (QED) is 0.838. The Hall–Kier alpha value is -1.95. The first kappa shape index (κ1) is 16.9. The van der Waals surface area contributed by atoms with E-state index < -0.39 is 0 Å². The average molecular weight is 345 g/mol. The highest BCUT2D eigenvalue weighted by Crippen LogP contribution is 2.23. The molecule has 0 saturated heterocycles. The second-order valence-corrected chi connectivity index (χ2v) is 7.07. The van der Waals surface area contributed by atoms with Crippen LogP contribution in [-0.2, 0) is 6.54 Å². The molecule has 1 heterocycles. The second-order valence-electron chi connectivity index (χ2n) is 6.68. The first-order valence-electron chi connectivity index (χ1n) is 8.57. The molecule has 0 spiro atoms. The van der Waals surface area contributed by atoms with Crippen LogP contribution in [0.15, 0.2) is 23.0 Å². The number of rotatable bonds is 3. The molecule has 2 N–H and O–H groups in total. The fourth-order valence-corrected chi connectivity index (χ4v) is 3.84. The summed E-state index contributed by atoms with van der Waals surface area (Å²) in [5, 5.41) is 3.67. The zero-order valence-corrected chi connectivity index (χ0v) is 14.9. The van der Waals surface area contributed by atoms with Crippen LogP contribution >= 0.6 is 12.2 Å². The van der Waals surface area contributed by atoms with Crippen LogP contribution < -0.4 is 10.9 Å². The van der Waals surface area contributed by atoms with Crippen LogP contribution in [0.4, 0.5) is 0 Å². The fraction of sp³-hybridized carbons (Fsp3) is 0.500. The Morgan fingerprint density at radius 1 is 1.42 bits per heavy atom.